The molecule has 2 amide bonds. The molecule has 2 fully saturated rings. The fourth-order valence-electron chi connectivity index (χ4n) is 11.4. The van der Waals surface area contributed by atoms with Crippen LogP contribution in [0.1, 0.15) is 212 Å². The molecule has 5 unspecified atom stereocenters. The van der Waals surface area contributed by atoms with Crippen molar-refractivity contribution in [2.24, 2.45) is 73.5 Å². The number of aromatic nitrogens is 1. The van der Waals surface area contributed by atoms with Gasteiger partial charge in [0.15, 0.2) is 0 Å². The monoisotopic (exact) mass is 1050 g/mol. The number of nitrogens with one attached hydrogen (secondary N) is 3. The highest BCUT2D eigenvalue weighted by Crippen LogP contribution is 2.52. The molecule has 2 heterocycles. The van der Waals surface area contributed by atoms with Gasteiger partial charge in [-0.2, -0.15) is 0 Å². The number of carbonyl (C=O) groups is 5. The Balaban J connectivity index is 1.99. The minimum Gasteiger partial charge on any atom is -0.461 e. The fourth-order valence-corrected chi connectivity index (χ4v) is 12.1. The van der Waals surface area contributed by atoms with Crippen LogP contribution in [0.25, 0.3) is 6.08 Å². The number of aliphatic imine (C=N–C) groups is 1. The second kappa shape index (κ2) is 23.6. The van der Waals surface area contributed by atoms with Gasteiger partial charge in [0, 0.05) is 46.1 Å². The first kappa shape index (κ1) is 62.4. The van der Waals surface area contributed by atoms with Gasteiger partial charge < -0.3 is 29.8 Å². The van der Waals surface area contributed by atoms with Crippen LogP contribution in [0.2, 0.25) is 0 Å². The number of thioether (sulfide) groups is 1. The number of hydrogen-bond donors (Lipinski definition) is 3. The van der Waals surface area contributed by atoms with Crippen molar-refractivity contribution in [2.75, 3.05) is 17.7 Å². The van der Waals surface area contributed by atoms with Crippen LogP contribution in [0.4, 0.5) is 5.82 Å². The van der Waals surface area contributed by atoms with Crippen molar-refractivity contribution < 1.29 is 38.2 Å². The van der Waals surface area contributed by atoms with Crippen LogP contribution in [0.3, 0.4) is 0 Å². The summed E-state index contributed by atoms with van der Waals surface area (Å²) in [6.45, 7) is 51.7. The molecule has 3 aliphatic rings. The lowest BCUT2D eigenvalue weighted by atomic mass is 9.59. The summed E-state index contributed by atoms with van der Waals surface area (Å²) in [6.07, 6.45) is 4.68. The molecule has 12 nitrogen and oxygen atoms in total. The first-order chi connectivity index (χ1) is 33.7. The van der Waals surface area contributed by atoms with Crippen LogP contribution in [0.15, 0.2) is 34.0 Å². The van der Waals surface area contributed by atoms with Crippen molar-refractivity contribution in [3.63, 3.8) is 0 Å². The van der Waals surface area contributed by atoms with Crippen molar-refractivity contribution in [2.45, 2.75) is 208 Å². The molecular formula is C61H98N4O8S. The van der Waals surface area contributed by atoms with Crippen molar-refractivity contribution >= 4 is 59.2 Å². The number of anilines is 1. The predicted octanol–water partition coefficient (Wildman–Crippen LogP) is 14.1. The highest BCUT2D eigenvalue weighted by atomic mass is 32.2. The number of amides is 2. The highest BCUT2D eigenvalue weighted by Gasteiger charge is 2.51. The Bertz CT molecular complexity index is 2300. The molecule has 4 rings (SSSR count). The summed E-state index contributed by atoms with van der Waals surface area (Å²) in [5, 5.41) is 5.51. The maximum absolute atomic E-state index is 15.4. The molecule has 416 valence electrons. The average molecular weight is 1050 g/mol. The van der Waals surface area contributed by atoms with E-state index in [4.69, 9.17) is 19.2 Å². The van der Waals surface area contributed by atoms with Crippen LogP contribution in [0.5, 0.6) is 0 Å². The second-order valence-corrected chi connectivity index (χ2v) is 29.6. The summed E-state index contributed by atoms with van der Waals surface area (Å²) in [5.74, 6) is -0.944. The molecule has 13 heteroatoms. The van der Waals surface area contributed by atoms with E-state index >= 15 is 9.59 Å². The van der Waals surface area contributed by atoms with E-state index in [0.29, 0.717) is 45.7 Å². The van der Waals surface area contributed by atoms with E-state index in [-0.39, 0.29) is 98.4 Å². The number of ether oxygens (including phenoxy) is 3. The third kappa shape index (κ3) is 15.3. The molecule has 3 N–H and O–H groups in total. The lowest BCUT2D eigenvalue weighted by Crippen LogP contribution is -2.50. The summed E-state index contributed by atoms with van der Waals surface area (Å²) in [5.41, 5.74) is 1.38. The van der Waals surface area contributed by atoms with Crippen molar-refractivity contribution in [3.8, 4) is 0 Å². The molecule has 74 heavy (non-hydrogen) atoms. The van der Waals surface area contributed by atoms with Crippen LogP contribution < -0.4 is 10.6 Å². The minimum absolute atomic E-state index is 0.0664. The van der Waals surface area contributed by atoms with E-state index in [2.05, 4.69) is 119 Å². The van der Waals surface area contributed by atoms with Gasteiger partial charge in [-0.25, -0.2) is 19.4 Å². The molecule has 0 bridgehead atoms. The zero-order valence-electron chi connectivity index (χ0n) is 50.0. The fraction of sp³-hybridized carbons (Fsp3) is 0.738. The van der Waals surface area contributed by atoms with Gasteiger partial charge in [0.25, 0.3) is 0 Å². The van der Waals surface area contributed by atoms with Crippen LogP contribution in [-0.4, -0.2) is 70.4 Å². The summed E-state index contributed by atoms with van der Waals surface area (Å²) < 4.78 is 19.0. The Morgan fingerprint density at radius 2 is 1.15 bits per heavy atom. The van der Waals surface area contributed by atoms with Gasteiger partial charge in [-0.1, -0.05) is 152 Å². The van der Waals surface area contributed by atoms with Crippen molar-refractivity contribution in [3.05, 3.63) is 45.8 Å². The first-order valence-corrected chi connectivity index (χ1v) is 28.5. The Morgan fingerprint density at radius 3 is 1.54 bits per heavy atom. The lowest BCUT2D eigenvalue weighted by molar-refractivity contribution is -0.164. The van der Waals surface area contributed by atoms with Gasteiger partial charge in [0.2, 0.25) is 11.8 Å². The summed E-state index contributed by atoms with van der Waals surface area (Å²) in [6, 6.07) is 0. The highest BCUT2D eigenvalue weighted by molar-refractivity contribution is 8.00. The van der Waals surface area contributed by atoms with E-state index in [0.717, 1.165) is 25.7 Å². The minimum atomic E-state index is -0.818. The van der Waals surface area contributed by atoms with Gasteiger partial charge in [0.05, 0.1) is 10.9 Å². The Kier molecular flexibility index (Phi) is 19.9. The molecule has 2 saturated carbocycles. The number of aromatic amines is 1. The third-order valence-electron chi connectivity index (χ3n) is 15.6. The molecular weight excluding hydrogens is 949 g/mol. The maximum Gasteiger partial charge on any atom is 0.342 e. The molecule has 0 aromatic carbocycles. The Hall–Kier alpha value is -4.13. The molecule has 5 atom stereocenters. The topological polar surface area (TPSA) is 165 Å². The Morgan fingerprint density at radius 1 is 0.703 bits per heavy atom. The number of nitrogens with zero attached hydrogens (tertiary/aromatic N) is 1. The zero-order chi connectivity index (χ0) is 56.5. The third-order valence-corrected chi connectivity index (χ3v) is 16.8. The number of allylic oxidation sites excluding steroid dienone is 1. The molecule has 1 aromatic heterocycles. The van der Waals surface area contributed by atoms with E-state index in [1.165, 1.54) is 11.8 Å². The maximum atomic E-state index is 15.4. The van der Waals surface area contributed by atoms with Crippen molar-refractivity contribution in [1.29, 1.82) is 0 Å². The van der Waals surface area contributed by atoms with Gasteiger partial charge in [-0.3, -0.25) is 9.59 Å². The standard InChI is InChI=1S/C61H98N4O8S/c1-32(2)44-42(31-43-45(33(3)4)47(51(63-43)65-56(70)61(22,23)24)55(69)73-49-40(59(16,17)18)29-36(8)30-41(49)60(19,20)21)62-50(64-52(66)37(9)74-26-25-71-53(67)34(5)6)46(44)54(68)72-48-38(57(10,11)12)27-35(7)28-39(48)58(13,14)15/h31-33,35-41,48-49,62H,5,25-30H2,1-4,6-24H3,(H,64,66)(H,63,65,70). The first-order valence-electron chi connectivity index (χ1n) is 27.5. The summed E-state index contributed by atoms with van der Waals surface area (Å²) in [4.78, 5) is 79.4. The molecule has 2 aliphatic carbocycles. The lowest BCUT2D eigenvalue weighted by Gasteiger charge is -2.50. The summed E-state index contributed by atoms with van der Waals surface area (Å²) in [7, 11) is 0. The molecule has 0 radical (unpaired) electrons. The molecule has 0 spiro atoms. The van der Waals surface area contributed by atoms with Gasteiger partial charge >= 0.3 is 17.9 Å². The smallest absolute Gasteiger partial charge is 0.342 e. The largest absolute Gasteiger partial charge is 0.461 e. The number of amidine groups is 1. The van der Waals surface area contributed by atoms with E-state index < -0.39 is 40.8 Å². The molecule has 1 aromatic rings. The number of rotatable bonds is 14. The van der Waals surface area contributed by atoms with Crippen LogP contribution in [0, 0.1) is 68.5 Å². The van der Waals surface area contributed by atoms with E-state index in [9.17, 15) is 14.4 Å². The zero-order valence-corrected chi connectivity index (χ0v) is 50.8. The molecule has 1 aliphatic heterocycles. The van der Waals surface area contributed by atoms with E-state index in [1.807, 2.05) is 54.5 Å². The molecule has 0 saturated heterocycles. The number of esters is 3. The summed E-state index contributed by atoms with van der Waals surface area (Å²) >= 11 is 1.31. The quantitative estimate of drug-likeness (QED) is 0.0712. The number of carbonyl (C=O) groups excluding carboxylic acids is 5. The SMILES string of the molecule is C=C(C)C(=O)OCCSC(C)C(=O)Nc1[nH]c(C=C2N=C(NC(=O)C(C)(C)C)C(C(=O)OC3C(C(C)(C)C)CC(C)CC3C(C)(C)C)=C2C(C)C)c(C(C)C)c1C(=O)OC1C(C(C)(C)C)CC(C)CC1C(C)(C)C. The van der Waals surface area contributed by atoms with Gasteiger partial charge in [0.1, 0.15) is 41.6 Å². The van der Waals surface area contributed by atoms with Crippen LogP contribution in [-0.2, 0) is 33.4 Å². The average Bonchev–Trinajstić information content (AvgIpc) is 3.78. The normalized spacial score (nSPS) is 25.2. The van der Waals surface area contributed by atoms with Crippen molar-refractivity contribution in [1.82, 2.24) is 10.3 Å². The van der Waals surface area contributed by atoms with E-state index in [1.54, 1.807) is 13.8 Å². The second-order valence-electron chi connectivity index (χ2n) is 28.2. The van der Waals surface area contributed by atoms with Gasteiger partial charge in [-0.15, -0.1) is 11.8 Å². The van der Waals surface area contributed by atoms with Gasteiger partial charge in [-0.05, 0) is 102 Å². The Labute approximate surface area is 451 Å². The number of H-pyrrole nitrogens is 1. The predicted molar refractivity (Wildman–Crippen MR) is 304 cm³/mol. The van der Waals surface area contributed by atoms with Crippen LogP contribution >= 0.6 is 11.8 Å². The number of hydrogen-bond acceptors (Lipinski definition) is 10.